The molecule has 1 aliphatic carbocycles. The molecule has 102 valence electrons. The highest BCUT2D eigenvalue weighted by atomic mass is 16.4. The minimum Gasteiger partial charge on any atom is -0.478 e. The first kappa shape index (κ1) is 15.0. The number of hydrogen-bond donors (Lipinski definition) is 2. The molecule has 0 unspecified atom stereocenters. The van der Waals surface area contributed by atoms with Crippen LogP contribution >= 0.6 is 0 Å². The van der Waals surface area contributed by atoms with E-state index in [0.29, 0.717) is 12.0 Å². The Morgan fingerprint density at radius 1 is 1.61 bits per heavy atom. The number of carboxylic acids is 1. The van der Waals surface area contributed by atoms with Crippen LogP contribution in [0.1, 0.15) is 46.5 Å². The van der Waals surface area contributed by atoms with E-state index in [1.165, 1.54) is 5.57 Å². The SMILES string of the molecule is C=C1CCCC(C)(C)[C@H]1C[C@@H](O)/C(C)=C/C(=O)O. The Kier molecular flexibility index (Phi) is 4.74. The lowest BCUT2D eigenvalue weighted by Gasteiger charge is -2.41. The van der Waals surface area contributed by atoms with Gasteiger partial charge in [0.25, 0.3) is 0 Å². The Bertz CT molecular complexity index is 366. The van der Waals surface area contributed by atoms with E-state index < -0.39 is 12.1 Å². The van der Waals surface area contributed by atoms with E-state index in [0.717, 1.165) is 25.3 Å². The second-order valence-electron chi connectivity index (χ2n) is 6.03. The zero-order chi connectivity index (χ0) is 13.9. The zero-order valence-electron chi connectivity index (χ0n) is 11.6. The quantitative estimate of drug-likeness (QED) is 0.597. The summed E-state index contributed by atoms with van der Waals surface area (Å²) in [4.78, 5) is 10.6. The van der Waals surface area contributed by atoms with Crippen molar-refractivity contribution in [1.82, 2.24) is 0 Å². The minimum absolute atomic E-state index is 0.139. The van der Waals surface area contributed by atoms with E-state index in [-0.39, 0.29) is 11.3 Å². The summed E-state index contributed by atoms with van der Waals surface area (Å²) in [6.07, 6.45) is 4.26. The summed E-state index contributed by atoms with van der Waals surface area (Å²) < 4.78 is 0. The van der Waals surface area contributed by atoms with Crippen molar-refractivity contribution in [2.45, 2.75) is 52.6 Å². The molecular weight excluding hydrogens is 228 g/mol. The van der Waals surface area contributed by atoms with E-state index >= 15 is 0 Å². The fourth-order valence-electron chi connectivity index (χ4n) is 2.86. The first-order valence-corrected chi connectivity index (χ1v) is 6.51. The molecule has 0 aliphatic heterocycles. The lowest BCUT2D eigenvalue weighted by atomic mass is 9.64. The number of aliphatic carboxylic acids is 1. The van der Waals surface area contributed by atoms with Gasteiger partial charge in [-0.2, -0.15) is 0 Å². The first-order chi connectivity index (χ1) is 8.24. The molecule has 1 rings (SSSR count). The van der Waals surface area contributed by atoms with Crippen molar-refractivity contribution in [3.05, 3.63) is 23.8 Å². The molecule has 0 aromatic carbocycles. The van der Waals surface area contributed by atoms with E-state index in [9.17, 15) is 9.90 Å². The molecule has 3 nitrogen and oxygen atoms in total. The van der Waals surface area contributed by atoms with E-state index in [1.54, 1.807) is 6.92 Å². The van der Waals surface area contributed by atoms with Gasteiger partial charge in [0.1, 0.15) is 0 Å². The van der Waals surface area contributed by atoms with Crippen LogP contribution < -0.4 is 0 Å². The van der Waals surface area contributed by atoms with Gasteiger partial charge >= 0.3 is 5.97 Å². The summed E-state index contributed by atoms with van der Waals surface area (Å²) in [5, 5.41) is 18.8. The van der Waals surface area contributed by atoms with Gasteiger partial charge in [-0.3, -0.25) is 0 Å². The summed E-state index contributed by atoms with van der Waals surface area (Å²) >= 11 is 0. The number of carboxylic acid groups (broad SMARTS) is 1. The number of carbonyl (C=O) groups is 1. The highest BCUT2D eigenvalue weighted by Crippen LogP contribution is 2.45. The maximum absolute atomic E-state index is 10.6. The van der Waals surface area contributed by atoms with Crippen molar-refractivity contribution in [3.8, 4) is 0 Å². The Balaban J connectivity index is 2.76. The van der Waals surface area contributed by atoms with E-state index in [4.69, 9.17) is 5.11 Å². The lowest BCUT2D eigenvalue weighted by Crippen LogP contribution is -2.32. The summed E-state index contributed by atoms with van der Waals surface area (Å²) in [6.45, 7) is 10.2. The Morgan fingerprint density at radius 3 is 2.72 bits per heavy atom. The smallest absolute Gasteiger partial charge is 0.328 e. The van der Waals surface area contributed by atoms with Crippen LogP contribution in [0.2, 0.25) is 0 Å². The Hall–Kier alpha value is -1.09. The average Bonchev–Trinajstić information content (AvgIpc) is 2.22. The molecule has 3 heteroatoms. The highest BCUT2D eigenvalue weighted by molar-refractivity contribution is 5.80. The van der Waals surface area contributed by atoms with Crippen LogP contribution in [0.15, 0.2) is 23.8 Å². The second kappa shape index (κ2) is 5.70. The molecule has 1 fully saturated rings. The van der Waals surface area contributed by atoms with Crippen LogP contribution in [0.25, 0.3) is 0 Å². The molecule has 1 saturated carbocycles. The molecule has 0 aromatic heterocycles. The molecule has 0 aromatic rings. The van der Waals surface area contributed by atoms with E-state index in [1.807, 2.05) is 0 Å². The van der Waals surface area contributed by atoms with Crippen molar-refractivity contribution in [1.29, 1.82) is 0 Å². The molecule has 2 atom stereocenters. The fraction of sp³-hybridized carbons (Fsp3) is 0.667. The molecule has 18 heavy (non-hydrogen) atoms. The third kappa shape index (κ3) is 3.70. The standard InChI is InChI=1S/C15H24O3/c1-10-6-5-7-15(3,4)12(10)9-13(16)11(2)8-14(17)18/h8,12-13,16H,1,5-7,9H2,2-4H3,(H,17,18)/b11-8+/t12-,13+/m0/s1. The molecular formula is C15H24O3. The number of aliphatic hydroxyl groups excluding tert-OH is 1. The molecule has 0 spiro atoms. The summed E-state index contributed by atoms with van der Waals surface area (Å²) in [5.74, 6) is -0.744. The van der Waals surface area contributed by atoms with Crippen LogP contribution in [0, 0.1) is 11.3 Å². The topological polar surface area (TPSA) is 57.5 Å². The van der Waals surface area contributed by atoms with Gasteiger partial charge in [0.05, 0.1) is 6.10 Å². The second-order valence-corrected chi connectivity index (χ2v) is 6.03. The number of aliphatic hydroxyl groups is 1. The van der Waals surface area contributed by atoms with Crippen molar-refractivity contribution in [2.75, 3.05) is 0 Å². The average molecular weight is 252 g/mol. The molecule has 2 N–H and O–H groups in total. The van der Waals surface area contributed by atoms with Gasteiger partial charge in [0.15, 0.2) is 0 Å². The zero-order valence-corrected chi connectivity index (χ0v) is 11.6. The largest absolute Gasteiger partial charge is 0.478 e. The van der Waals surface area contributed by atoms with E-state index in [2.05, 4.69) is 20.4 Å². The third-order valence-electron chi connectivity index (χ3n) is 4.09. The summed E-state index contributed by atoms with van der Waals surface area (Å²) in [7, 11) is 0. The van der Waals surface area contributed by atoms with Crippen molar-refractivity contribution < 1.29 is 15.0 Å². The van der Waals surface area contributed by atoms with Gasteiger partial charge in [-0.25, -0.2) is 4.79 Å². The first-order valence-electron chi connectivity index (χ1n) is 6.51. The molecule has 0 saturated heterocycles. The minimum atomic E-state index is -1.01. The molecule has 0 bridgehead atoms. The van der Waals surface area contributed by atoms with Gasteiger partial charge < -0.3 is 10.2 Å². The fourth-order valence-corrected chi connectivity index (χ4v) is 2.86. The summed E-state index contributed by atoms with van der Waals surface area (Å²) in [5.41, 5.74) is 1.84. The molecule has 0 amide bonds. The van der Waals surface area contributed by atoms with Gasteiger partial charge in [-0.1, -0.05) is 26.0 Å². The normalized spacial score (nSPS) is 25.9. The maximum atomic E-state index is 10.6. The van der Waals surface area contributed by atoms with Crippen LogP contribution in [0.4, 0.5) is 0 Å². The van der Waals surface area contributed by atoms with Crippen LogP contribution in [-0.4, -0.2) is 22.3 Å². The Labute approximate surface area is 109 Å². The van der Waals surface area contributed by atoms with Gasteiger partial charge in [-0.05, 0) is 49.5 Å². The van der Waals surface area contributed by atoms with Gasteiger partial charge in [0.2, 0.25) is 0 Å². The lowest BCUT2D eigenvalue weighted by molar-refractivity contribution is -0.131. The Morgan fingerprint density at radius 2 is 2.22 bits per heavy atom. The molecule has 1 aliphatic rings. The monoisotopic (exact) mass is 252 g/mol. The molecule has 0 heterocycles. The third-order valence-corrected chi connectivity index (χ3v) is 4.09. The maximum Gasteiger partial charge on any atom is 0.328 e. The van der Waals surface area contributed by atoms with Gasteiger partial charge in [-0.15, -0.1) is 0 Å². The highest BCUT2D eigenvalue weighted by Gasteiger charge is 2.35. The predicted octanol–water partition coefficient (Wildman–Crippen LogP) is 3.15. The van der Waals surface area contributed by atoms with Crippen LogP contribution in [-0.2, 0) is 4.79 Å². The van der Waals surface area contributed by atoms with Gasteiger partial charge in [0, 0.05) is 6.08 Å². The van der Waals surface area contributed by atoms with Crippen molar-refractivity contribution >= 4 is 5.97 Å². The number of rotatable bonds is 4. The molecule has 0 radical (unpaired) electrons. The number of hydrogen-bond acceptors (Lipinski definition) is 2. The number of allylic oxidation sites excluding steroid dienone is 1. The van der Waals surface area contributed by atoms with Crippen molar-refractivity contribution in [3.63, 3.8) is 0 Å². The van der Waals surface area contributed by atoms with Crippen LogP contribution in [0.5, 0.6) is 0 Å². The van der Waals surface area contributed by atoms with Crippen molar-refractivity contribution in [2.24, 2.45) is 11.3 Å². The van der Waals surface area contributed by atoms with Crippen LogP contribution in [0.3, 0.4) is 0 Å². The summed E-state index contributed by atoms with van der Waals surface area (Å²) in [6, 6.07) is 0. The predicted molar refractivity (Wildman–Crippen MR) is 72.3 cm³/mol.